The number of esters is 1. The van der Waals surface area contributed by atoms with Crippen molar-refractivity contribution in [2.24, 2.45) is 0 Å². The van der Waals surface area contributed by atoms with E-state index in [1.165, 1.54) is 4.90 Å². The Labute approximate surface area is 164 Å². The van der Waals surface area contributed by atoms with Crippen LogP contribution in [0.25, 0.3) is 0 Å². The van der Waals surface area contributed by atoms with E-state index in [4.69, 9.17) is 4.74 Å². The zero-order valence-corrected chi connectivity index (χ0v) is 16.2. The molecule has 0 N–H and O–H groups in total. The van der Waals surface area contributed by atoms with Gasteiger partial charge in [0.15, 0.2) is 6.61 Å². The summed E-state index contributed by atoms with van der Waals surface area (Å²) >= 11 is 0. The minimum atomic E-state index is -0.557. The second-order valence-corrected chi connectivity index (χ2v) is 7.29. The predicted octanol–water partition coefficient (Wildman–Crippen LogP) is 2.28. The lowest BCUT2D eigenvalue weighted by atomic mass is 10.00. The predicted molar refractivity (Wildman–Crippen MR) is 101 cm³/mol. The number of piperidine rings is 1. The van der Waals surface area contributed by atoms with Crippen LogP contribution in [0.2, 0.25) is 0 Å². The number of likely N-dealkylation sites (tertiary alicyclic amines) is 2. The number of imide groups is 1. The van der Waals surface area contributed by atoms with Gasteiger partial charge in [0.05, 0.1) is 12.1 Å². The standard InChI is InChI=1S/C21H26N2O5/c1-2-17-5-3-4-12-22(17)20(26)14-28-21(27)16-8-6-15(7-9-16)13-23-18(24)10-11-19(23)25/h6-9,17H,2-5,10-14H2,1H3. The van der Waals surface area contributed by atoms with Crippen molar-refractivity contribution in [3.05, 3.63) is 35.4 Å². The van der Waals surface area contributed by atoms with Crippen LogP contribution < -0.4 is 0 Å². The zero-order chi connectivity index (χ0) is 20.1. The highest BCUT2D eigenvalue weighted by atomic mass is 16.5. The molecule has 1 atom stereocenters. The molecule has 0 saturated carbocycles. The Hall–Kier alpha value is -2.70. The first-order chi connectivity index (χ1) is 13.5. The molecule has 150 valence electrons. The molecule has 3 rings (SSSR count). The van der Waals surface area contributed by atoms with Crippen molar-refractivity contribution in [2.75, 3.05) is 13.2 Å². The number of hydrogen-bond donors (Lipinski definition) is 0. The summed E-state index contributed by atoms with van der Waals surface area (Å²) in [5, 5.41) is 0. The van der Waals surface area contributed by atoms with E-state index in [0.29, 0.717) is 5.56 Å². The smallest absolute Gasteiger partial charge is 0.338 e. The minimum Gasteiger partial charge on any atom is -0.452 e. The van der Waals surface area contributed by atoms with E-state index in [0.717, 1.165) is 37.8 Å². The van der Waals surface area contributed by atoms with Gasteiger partial charge in [0, 0.05) is 25.4 Å². The summed E-state index contributed by atoms with van der Waals surface area (Å²) in [4.78, 5) is 51.0. The maximum atomic E-state index is 12.4. The van der Waals surface area contributed by atoms with E-state index in [1.54, 1.807) is 24.3 Å². The van der Waals surface area contributed by atoms with Crippen molar-refractivity contribution in [3.8, 4) is 0 Å². The largest absolute Gasteiger partial charge is 0.452 e. The Morgan fingerprint density at radius 3 is 2.39 bits per heavy atom. The lowest BCUT2D eigenvalue weighted by Crippen LogP contribution is -2.45. The first-order valence-corrected chi connectivity index (χ1v) is 9.88. The number of amides is 3. The third-order valence-corrected chi connectivity index (χ3v) is 5.43. The molecule has 2 saturated heterocycles. The average molecular weight is 386 g/mol. The van der Waals surface area contributed by atoms with Gasteiger partial charge in [-0.15, -0.1) is 0 Å². The fraction of sp³-hybridized carbons (Fsp3) is 0.524. The summed E-state index contributed by atoms with van der Waals surface area (Å²) in [6.07, 6.45) is 4.53. The Kier molecular flexibility index (Phi) is 6.44. The molecule has 7 heteroatoms. The summed E-state index contributed by atoms with van der Waals surface area (Å²) in [7, 11) is 0. The molecular weight excluding hydrogens is 360 g/mol. The van der Waals surface area contributed by atoms with Crippen LogP contribution in [0.15, 0.2) is 24.3 Å². The highest BCUT2D eigenvalue weighted by Gasteiger charge is 2.29. The fourth-order valence-electron chi connectivity index (χ4n) is 3.77. The number of benzene rings is 1. The second kappa shape index (κ2) is 8.99. The van der Waals surface area contributed by atoms with E-state index in [9.17, 15) is 19.2 Å². The number of rotatable bonds is 6. The third kappa shape index (κ3) is 4.58. The van der Waals surface area contributed by atoms with Gasteiger partial charge in [-0.2, -0.15) is 0 Å². The Morgan fingerprint density at radius 2 is 1.75 bits per heavy atom. The van der Waals surface area contributed by atoms with Gasteiger partial charge in [-0.1, -0.05) is 19.1 Å². The number of ether oxygens (including phenoxy) is 1. The van der Waals surface area contributed by atoms with Gasteiger partial charge in [-0.3, -0.25) is 19.3 Å². The maximum absolute atomic E-state index is 12.4. The van der Waals surface area contributed by atoms with Crippen LogP contribution in [-0.4, -0.2) is 52.7 Å². The molecule has 1 aromatic rings. The van der Waals surface area contributed by atoms with Gasteiger partial charge < -0.3 is 9.64 Å². The van der Waals surface area contributed by atoms with Crippen LogP contribution >= 0.6 is 0 Å². The van der Waals surface area contributed by atoms with E-state index in [2.05, 4.69) is 6.92 Å². The number of carbonyl (C=O) groups is 4. The van der Waals surface area contributed by atoms with E-state index >= 15 is 0 Å². The second-order valence-electron chi connectivity index (χ2n) is 7.29. The first-order valence-electron chi connectivity index (χ1n) is 9.88. The number of nitrogens with zero attached hydrogens (tertiary/aromatic N) is 2. The molecule has 2 aliphatic heterocycles. The molecule has 28 heavy (non-hydrogen) atoms. The highest BCUT2D eigenvalue weighted by molar-refractivity contribution is 6.01. The van der Waals surface area contributed by atoms with Crippen LogP contribution in [0.3, 0.4) is 0 Å². The Bertz CT molecular complexity index is 743. The Balaban J connectivity index is 1.52. The molecule has 0 spiro atoms. The maximum Gasteiger partial charge on any atom is 0.338 e. The molecule has 1 unspecified atom stereocenters. The lowest BCUT2D eigenvalue weighted by molar-refractivity contribution is -0.139. The van der Waals surface area contributed by atoms with Crippen molar-refractivity contribution in [1.29, 1.82) is 0 Å². The minimum absolute atomic E-state index is 0.150. The zero-order valence-electron chi connectivity index (χ0n) is 16.2. The fourth-order valence-corrected chi connectivity index (χ4v) is 3.77. The summed E-state index contributed by atoms with van der Waals surface area (Å²) in [5.74, 6) is -1.05. The number of carbonyl (C=O) groups excluding carboxylic acids is 4. The van der Waals surface area contributed by atoms with Gasteiger partial charge >= 0.3 is 5.97 Å². The third-order valence-electron chi connectivity index (χ3n) is 5.43. The summed E-state index contributed by atoms with van der Waals surface area (Å²) in [6, 6.07) is 6.78. The van der Waals surface area contributed by atoms with Crippen LogP contribution in [0, 0.1) is 0 Å². The molecule has 0 aliphatic carbocycles. The van der Waals surface area contributed by atoms with Crippen molar-refractivity contribution >= 4 is 23.7 Å². The van der Waals surface area contributed by atoms with Gasteiger partial charge in [0.25, 0.3) is 5.91 Å². The molecule has 2 aliphatic rings. The van der Waals surface area contributed by atoms with Crippen LogP contribution in [0.1, 0.15) is 61.4 Å². The van der Waals surface area contributed by atoms with Gasteiger partial charge in [-0.25, -0.2) is 4.79 Å². The van der Waals surface area contributed by atoms with Gasteiger partial charge in [0.2, 0.25) is 11.8 Å². The van der Waals surface area contributed by atoms with Crippen LogP contribution in [-0.2, 0) is 25.7 Å². The molecule has 0 bridgehead atoms. The summed E-state index contributed by atoms with van der Waals surface area (Å²) in [5.41, 5.74) is 1.09. The monoisotopic (exact) mass is 386 g/mol. The summed E-state index contributed by atoms with van der Waals surface area (Å²) < 4.78 is 5.19. The van der Waals surface area contributed by atoms with Crippen molar-refractivity contribution in [3.63, 3.8) is 0 Å². The van der Waals surface area contributed by atoms with Gasteiger partial charge in [-0.05, 0) is 43.4 Å². The van der Waals surface area contributed by atoms with Crippen LogP contribution in [0.4, 0.5) is 0 Å². The molecule has 3 amide bonds. The van der Waals surface area contributed by atoms with Crippen molar-refractivity contribution < 1.29 is 23.9 Å². The molecule has 0 radical (unpaired) electrons. The highest BCUT2D eigenvalue weighted by Crippen LogP contribution is 2.20. The molecule has 1 aromatic carbocycles. The molecular formula is C21H26N2O5. The van der Waals surface area contributed by atoms with Crippen molar-refractivity contribution in [1.82, 2.24) is 9.80 Å². The van der Waals surface area contributed by atoms with Crippen LogP contribution in [0.5, 0.6) is 0 Å². The normalized spacial score (nSPS) is 19.8. The molecule has 2 heterocycles. The van der Waals surface area contributed by atoms with E-state index in [-0.39, 0.29) is 49.8 Å². The Morgan fingerprint density at radius 1 is 1.07 bits per heavy atom. The topological polar surface area (TPSA) is 84.0 Å². The SMILES string of the molecule is CCC1CCCCN1C(=O)COC(=O)c1ccc(CN2C(=O)CCC2=O)cc1. The average Bonchev–Trinajstić information content (AvgIpc) is 3.04. The quantitative estimate of drug-likeness (QED) is 0.553. The van der Waals surface area contributed by atoms with E-state index in [1.807, 2.05) is 4.90 Å². The molecule has 0 aromatic heterocycles. The lowest BCUT2D eigenvalue weighted by Gasteiger charge is -2.35. The van der Waals surface area contributed by atoms with Gasteiger partial charge in [0.1, 0.15) is 0 Å². The molecule has 2 fully saturated rings. The summed E-state index contributed by atoms with van der Waals surface area (Å²) in [6.45, 7) is 2.73. The number of hydrogen-bond acceptors (Lipinski definition) is 5. The molecule has 7 nitrogen and oxygen atoms in total. The van der Waals surface area contributed by atoms with E-state index < -0.39 is 5.97 Å². The van der Waals surface area contributed by atoms with Crippen molar-refractivity contribution in [2.45, 2.75) is 58.0 Å². The first kappa shape index (κ1) is 20.0.